The van der Waals surface area contributed by atoms with Gasteiger partial charge in [-0.25, -0.2) is 0 Å². The van der Waals surface area contributed by atoms with Crippen LogP contribution in [0.2, 0.25) is 0 Å². The molecule has 3 unspecified atom stereocenters. The van der Waals surface area contributed by atoms with Gasteiger partial charge in [0.15, 0.2) is 0 Å². The Morgan fingerprint density at radius 1 is 1.40 bits per heavy atom. The summed E-state index contributed by atoms with van der Waals surface area (Å²) < 4.78 is 11.5. The van der Waals surface area contributed by atoms with Crippen molar-refractivity contribution < 1.29 is 14.4 Å². The van der Waals surface area contributed by atoms with Crippen LogP contribution >= 0.6 is 0 Å². The SMILES string of the molecule is CCOC1C(N)CC1Oc1cc(C)c([N+](=O)[O-])cc1C. The van der Waals surface area contributed by atoms with Gasteiger partial charge in [-0.1, -0.05) is 0 Å². The standard InChI is InChI=1S/C14H20N2O4/c1-4-19-14-10(15)7-13(14)20-12-6-8(2)11(16(17)18)5-9(12)3/h5-6,10,13-14H,4,7,15H2,1-3H3. The number of benzene rings is 1. The predicted molar refractivity (Wildman–Crippen MR) is 75.0 cm³/mol. The minimum atomic E-state index is -0.381. The molecular weight excluding hydrogens is 260 g/mol. The van der Waals surface area contributed by atoms with E-state index in [1.165, 1.54) is 0 Å². The predicted octanol–water partition coefficient (Wildman–Crippen LogP) is 2.10. The molecule has 110 valence electrons. The van der Waals surface area contributed by atoms with E-state index < -0.39 is 0 Å². The summed E-state index contributed by atoms with van der Waals surface area (Å²) in [6.07, 6.45) is 0.555. The van der Waals surface area contributed by atoms with Gasteiger partial charge in [-0.15, -0.1) is 0 Å². The smallest absolute Gasteiger partial charge is 0.272 e. The van der Waals surface area contributed by atoms with Crippen LogP contribution < -0.4 is 10.5 Å². The Labute approximate surface area is 118 Å². The van der Waals surface area contributed by atoms with Crippen molar-refractivity contribution in [1.29, 1.82) is 0 Å². The zero-order chi connectivity index (χ0) is 14.9. The van der Waals surface area contributed by atoms with Crippen LogP contribution in [0.3, 0.4) is 0 Å². The molecule has 3 atom stereocenters. The third-order valence-electron chi connectivity index (χ3n) is 3.62. The summed E-state index contributed by atoms with van der Waals surface area (Å²) in [7, 11) is 0. The molecule has 2 N–H and O–H groups in total. The van der Waals surface area contributed by atoms with Crippen molar-refractivity contribution in [3.8, 4) is 5.75 Å². The number of hydrogen-bond acceptors (Lipinski definition) is 5. The lowest BCUT2D eigenvalue weighted by atomic mass is 9.86. The molecule has 20 heavy (non-hydrogen) atoms. The maximum atomic E-state index is 10.9. The average Bonchev–Trinajstić information content (AvgIpc) is 2.38. The van der Waals surface area contributed by atoms with Crippen LogP contribution in [0.1, 0.15) is 24.5 Å². The van der Waals surface area contributed by atoms with Crippen LogP contribution in [0.15, 0.2) is 12.1 Å². The molecule has 1 aromatic rings. The van der Waals surface area contributed by atoms with Gasteiger partial charge in [0.1, 0.15) is 18.0 Å². The van der Waals surface area contributed by atoms with Gasteiger partial charge in [-0.05, 0) is 32.4 Å². The van der Waals surface area contributed by atoms with E-state index in [2.05, 4.69) is 0 Å². The fourth-order valence-electron chi connectivity index (χ4n) is 2.42. The molecular formula is C14H20N2O4. The molecule has 0 heterocycles. The summed E-state index contributed by atoms with van der Waals surface area (Å²) in [4.78, 5) is 10.5. The largest absolute Gasteiger partial charge is 0.487 e. The number of aryl methyl sites for hydroxylation is 2. The van der Waals surface area contributed by atoms with Crippen molar-refractivity contribution in [3.05, 3.63) is 33.4 Å². The number of hydrogen-bond donors (Lipinski definition) is 1. The number of nitro benzene ring substituents is 1. The fraction of sp³-hybridized carbons (Fsp3) is 0.571. The molecule has 0 bridgehead atoms. The van der Waals surface area contributed by atoms with Gasteiger partial charge in [-0.3, -0.25) is 10.1 Å². The number of nitrogens with zero attached hydrogens (tertiary/aromatic N) is 1. The van der Waals surface area contributed by atoms with Crippen molar-refractivity contribution >= 4 is 5.69 Å². The monoisotopic (exact) mass is 280 g/mol. The third-order valence-corrected chi connectivity index (χ3v) is 3.62. The van der Waals surface area contributed by atoms with Crippen molar-refractivity contribution in [3.63, 3.8) is 0 Å². The summed E-state index contributed by atoms with van der Waals surface area (Å²) in [5, 5.41) is 10.9. The Kier molecular flexibility index (Phi) is 4.25. The molecule has 0 aromatic heterocycles. The first kappa shape index (κ1) is 14.7. The molecule has 1 fully saturated rings. The zero-order valence-corrected chi connectivity index (χ0v) is 12.0. The van der Waals surface area contributed by atoms with E-state index in [9.17, 15) is 10.1 Å². The second kappa shape index (κ2) is 5.76. The Balaban J connectivity index is 2.14. The van der Waals surface area contributed by atoms with Crippen LogP contribution in [0.5, 0.6) is 5.75 Å². The molecule has 2 rings (SSSR count). The van der Waals surface area contributed by atoms with Crippen molar-refractivity contribution in [2.45, 2.75) is 45.4 Å². The van der Waals surface area contributed by atoms with Gasteiger partial charge >= 0.3 is 0 Å². The molecule has 0 spiro atoms. The van der Waals surface area contributed by atoms with E-state index in [1.807, 2.05) is 6.92 Å². The molecule has 1 aromatic carbocycles. The van der Waals surface area contributed by atoms with E-state index in [0.29, 0.717) is 17.9 Å². The number of nitro groups is 1. The Morgan fingerprint density at radius 2 is 2.10 bits per heavy atom. The number of ether oxygens (including phenoxy) is 2. The van der Waals surface area contributed by atoms with Crippen LogP contribution in [0.4, 0.5) is 5.69 Å². The normalized spacial score (nSPS) is 25.1. The third kappa shape index (κ3) is 2.76. The maximum Gasteiger partial charge on any atom is 0.272 e. The van der Waals surface area contributed by atoms with Gasteiger partial charge in [0, 0.05) is 30.7 Å². The average molecular weight is 280 g/mol. The highest BCUT2D eigenvalue weighted by molar-refractivity contribution is 5.49. The lowest BCUT2D eigenvalue weighted by Gasteiger charge is -2.41. The topological polar surface area (TPSA) is 87.6 Å². The summed E-state index contributed by atoms with van der Waals surface area (Å²) in [6.45, 7) is 6.02. The molecule has 1 aliphatic rings. The van der Waals surface area contributed by atoms with Gasteiger partial charge in [0.2, 0.25) is 0 Å². The molecule has 1 aliphatic carbocycles. The second-order valence-corrected chi connectivity index (χ2v) is 5.14. The highest BCUT2D eigenvalue weighted by atomic mass is 16.6. The van der Waals surface area contributed by atoms with Crippen LogP contribution in [-0.4, -0.2) is 29.8 Å². The van der Waals surface area contributed by atoms with E-state index in [-0.39, 0.29) is 28.9 Å². The maximum absolute atomic E-state index is 10.9. The Hall–Kier alpha value is -1.66. The van der Waals surface area contributed by atoms with E-state index >= 15 is 0 Å². The highest BCUT2D eigenvalue weighted by Crippen LogP contribution is 2.32. The number of nitrogens with two attached hydrogens (primary N) is 1. The minimum Gasteiger partial charge on any atom is -0.487 e. The van der Waals surface area contributed by atoms with Crippen LogP contribution in [-0.2, 0) is 4.74 Å². The van der Waals surface area contributed by atoms with Gasteiger partial charge in [0.25, 0.3) is 5.69 Å². The minimum absolute atomic E-state index is 0.000554. The molecule has 6 nitrogen and oxygen atoms in total. The Bertz CT molecular complexity index is 518. The first-order valence-corrected chi connectivity index (χ1v) is 6.73. The van der Waals surface area contributed by atoms with E-state index in [4.69, 9.17) is 15.2 Å². The molecule has 0 radical (unpaired) electrons. The van der Waals surface area contributed by atoms with Gasteiger partial charge in [-0.2, -0.15) is 0 Å². The first-order chi connectivity index (χ1) is 9.43. The molecule has 0 saturated heterocycles. The van der Waals surface area contributed by atoms with Crippen LogP contribution in [0.25, 0.3) is 0 Å². The summed E-state index contributed by atoms with van der Waals surface area (Å²) >= 11 is 0. The first-order valence-electron chi connectivity index (χ1n) is 6.73. The van der Waals surface area contributed by atoms with E-state index in [1.54, 1.807) is 26.0 Å². The Morgan fingerprint density at radius 3 is 2.65 bits per heavy atom. The lowest BCUT2D eigenvalue weighted by Crippen LogP contribution is -2.59. The fourth-order valence-corrected chi connectivity index (χ4v) is 2.42. The van der Waals surface area contributed by atoms with E-state index in [0.717, 1.165) is 12.0 Å². The number of rotatable bonds is 5. The summed E-state index contributed by atoms with van der Waals surface area (Å²) in [5.74, 6) is 0.662. The summed E-state index contributed by atoms with van der Waals surface area (Å²) in [6, 6.07) is 3.25. The van der Waals surface area contributed by atoms with Gasteiger partial charge in [0.05, 0.1) is 4.92 Å². The molecule has 0 aliphatic heterocycles. The highest BCUT2D eigenvalue weighted by Gasteiger charge is 2.41. The van der Waals surface area contributed by atoms with Crippen molar-refractivity contribution in [2.75, 3.05) is 6.61 Å². The van der Waals surface area contributed by atoms with Crippen molar-refractivity contribution in [1.82, 2.24) is 0 Å². The second-order valence-electron chi connectivity index (χ2n) is 5.14. The summed E-state index contributed by atoms with van der Waals surface area (Å²) in [5.41, 5.74) is 7.34. The van der Waals surface area contributed by atoms with Gasteiger partial charge < -0.3 is 15.2 Å². The quantitative estimate of drug-likeness (QED) is 0.659. The molecule has 0 amide bonds. The molecule has 1 saturated carbocycles. The lowest BCUT2D eigenvalue weighted by molar-refractivity contribution is -0.385. The van der Waals surface area contributed by atoms with Crippen molar-refractivity contribution in [2.24, 2.45) is 5.73 Å². The molecule has 6 heteroatoms. The van der Waals surface area contributed by atoms with Crippen LogP contribution in [0, 0.1) is 24.0 Å². The zero-order valence-electron chi connectivity index (χ0n) is 12.0.